The molecule has 0 radical (unpaired) electrons. The maximum atomic E-state index is 13.0. The van der Waals surface area contributed by atoms with Crippen molar-refractivity contribution in [3.63, 3.8) is 0 Å². The molecule has 3 rings (SSSR count). The topological polar surface area (TPSA) is 98.8 Å². The summed E-state index contributed by atoms with van der Waals surface area (Å²) in [5, 5.41) is 4.60. The second-order valence-electron chi connectivity index (χ2n) is 7.32. The minimum atomic E-state index is -3.55. The molecule has 0 spiro atoms. The Morgan fingerprint density at radius 2 is 1.68 bits per heavy atom. The lowest BCUT2D eigenvalue weighted by Crippen LogP contribution is -2.56. The lowest BCUT2D eigenvalue weighted by Gasteiger charge is -2.36. The minimum Gasteiger partial charge on any atom is -0.341 e. The van der Waals surface area contributed by atoms with Crippen LogP contribution in [0.4, 0.5) is 4.79 Å². The van der Waals surface area contributed by atoms with E-state index in [1.165, 1.54) is 16.9 Å². The van der Waals surface area contributed by atoms with Gasteiger partial charge in [-0.2, -0.15) is 4.31 Å². The number of benzene rings is 1. The van der Waals surface area contributed by atoms with E-state index in [1.807, 2.05) is 17.0 Å². The summed E-state index contributed by atoms with van der Waals surface area (Å²) in [4.78, 5) is 25.6. The van der Waals surface area contributed by atoms with Crippen molar-refractivity contribution >= 4 is 22.0 Å². The van der Waals surface area contributed by atoms with E-state index in [9.17, 15) is 18.0 Å². The highest BCUT2D eigenvalue weighted by Gasteiger charge is 2.32. The molecule has 154 valence electrons. The number of fused-ring (bicyclic) bond motifs is 1. The Hall–Kier alpha value is -1.97. The van der Waals surface area contributed by atoms with E-state index >= 15 is 0 Å². The number of imide groups is 1. The summed E-state index contributed by atoms with van der Waals surface area (Å²) in [6.07, 6.45) is 4.21. The highest BCUT2D eigenvalue weighted by molar-refractivity contribution is 7.89. The van der Waals surface area contributed by atoms with E-state index in [0.717, 1.165) is 31.2 Å². The van der Waals surface area contributed by atoms with Crippen molar-refractivity contribution in [2.75, 3.05) is 33.2 Å². The van der Waals surface area contributed by atoms with Crippen LogP contribution in [-0.2, 0) is 27.7 Å². The van der Waals surface area contributed by atoms with Gasteiger partial charge in [-0.3, -0.25) is 15.0 Å². The van der Waals surface area contributed by atoms with E-state index in [-0.39, 0.29) is 0 Å². The number of hydrogen-bond acceptors (Lipinski definition) is 5. The average Bonchev–Trinajstić information content (AvgIpc) is 2.72. The summed E-state index contributed by atoms with van der Waals surface area (Å²) in [5.41, 5.74) is 2.40. The average molecular weight is 409 g/mol. The molecule has 1 saturated heterocycles. The Morgan fingerprint density at radius 1 is 1.04 bits per heavy atom. The third-order valence-electron chi connectivity index (χ3n) is 5.62. The number of nitrogens with zero attached hydrogens (tertiary/aromatic N) is 2. The second-order valence-corrected chi connectivity index (χ2v) is 9.26. The van der Waals surface area contributed by atoms with Gasteiger partial charge in [0.2, 0.25) is 15.9 Å². The quantitative estimate of drug-likeness (QED) is 0.765. The zero-order valence-electron chi connectivity index (χ0n) is 16.4. The largest absolute Gasteiger partial charge is 0.341 e. The predicted octanol–water partition coefficient (Wildman–Crippen LogP) is 0.716. The first kappa shape index (κ1) is 20.8. The van der Waals surface area contributed by atoms with Crippen molar-refractivity contribution in [1.29, 1.82) is 0 Å². The van der Waals surface area contributed by atoms with Gasteiger partial charge >= 0.3 is 6.03 Å². The molecule has 2 aliphatic rings. The van der Waals surface area contributed by atoms with Gasteiger partial charge < -0.3 is 5.32 Å². The first-order chi connectivity index (χ1) is 13.3. The molecule has 0 bridgehead atoms. The molecule has 28 heavy (non-hydrogen) atoms. The molecule has 2 N–H and O–H groups in total. The molecule has 1 aromatic rings. The number of aryl methyl sites for hydroxylation is 2. The van der Waals surface area contributed by atoms with Crippen molar-refractivity contribution in [3.8, 4) is 0 Å². The Balaban J connectivity index is 1.64. The van der Waals surface area contributed by atoms with E-state index in [0.29, 0.717) is 31.1 Å². The fourth-order valence-electron chi connectivity index (χ4n) is 3.80. The lowest BCUT2D eigenvalue weighted by atomic mass is 9.92. The SMILES string of the molecule is CNC(=O)NC(=O)[C@H](C)N1CCN(S(=O)(=O)c2ccc3c(c2)CCCC3)CC1. The molecule has 1 aliphatic heterocycles. The molecule has 8 nitrogen and oxygen atoms in total. The van der Waals surface area contributed by atoms with Crippen molar-refractivity contribution in [2.24, 2.45) is 0 Å². The maximum absolute atomic E-state index is 13.0. The Kier molecular flexibility index (Phi) is 6.36. The van der Waals surface area contributed by atoms with Gasteiger partial charge in [0.05, 0.1) is 10.9 Å². The molecular formula is C19H28N4O4S. The number of carbonyl (C=O) groups is 2. The Bertz CT molecular complexity index is 847. The van der Waals surface area contributed by atoms with Crippen LogP contribution >= 0.6 is 0 Å². The van der Waals surface area contributed by atoms with Crippen molar-refractivity contribution in [1.82, 2.24) is 19.8 Å². The van der Waals surface area contributed by atoms with Crippen molar-refractivity contribution in [2.45, 2.75) is 43.5 Å². The third-order valence-corrected chi connectivity index (χ3v) is 7.52. The van der Waals surface area contributed by atoms with Gasteiger partial charge in [-0.05, 0) is 55.9 Å². The van der Waals surface area contributed by atoms with E-state index < -0.39 is 28.0 Å². The van der Waals surface area contributed by atoms with Crippen LogP contribution in [0.15, 0.2) is 23.1 Å². The highest BCUT2D eigenvalue weighted by atomic mass is 32.2. The van der Waals surface area contributed by atoms with E-state index in [1.54, 1.807) is 13.0 Å². The minimum absolute atomic E-state index is 0.316. The molecule has 0 saturated carbocycles. The van der Waals surface area contributed by atoms with Crippen LogP contribution in [0.2, 0.25) is 0 Å². The first-order valence-corrected chi connectivity index (χ1v) is 11.2. The van der Waals surface area contributed by atoms with Gasteiger partial charge in [-0.15, -0.1) is 0 Å². The first-order valence-electron chi connectivity index (χ1n) is 9.71. The number of urea groups is 1. The fourth-order valence-corrected chi connectivity index (χ4v) is 5.27. The number of hydrogen-bond donors (Lipinski definition) is 2. The molecule has 1 fully saturated rings. The van der Waals surface area contributed by atoms with Gasteiger partial charge in [0.1, 0.15) is 0 Å². The van der Waals surface area contributed by atoms with Crippen LogP contribution in [-0.4, -0.2) is 68.8 Å². The standard InChI is InChI=1S/C19H28N4O4S/c1-14(18(24)21-19(25)20-2)22-9-11-23(12-10-22)28(26,27)17-8-7-15-5-3-4-6-16(15)13-17/h7-8,13-14H,3-6,9-12H2,1-2H3,(H2,20,21,24,25)/t14-/m0/s1. The molecule has 1 heterocycles. The second kappa shape index (κ2) is 8.59. The molecule has 1 aromatic carbocycles. The highest BCUT2D eigenvalue weighted by Crippen LogP contribution is 2.26. The third kappa shape index (κ3) is 4.37. The maximum Gasteiger partial charge on any atom is 0.321 e. The van der Waals surface area contributed by atoms with Crippen LogP contribution in [0.25, 0.3) is 0 Å². The summed E-state index contributed by atoms with van der Waals surface area (Å²) >= 11 is 0. The van der Waals surface area contributed by atoms with Crippen LogP contribution in [0.3, 0.4) is 0 Å². The number of carbonyl (C=O) groups excluding carboxylic acids is 2. The number of nitrogens with one attached hydrogen (secondary N) is 2. The van der Waals surface area contributed by atoms with Gasteiger partial charge in [0.25, 0.3) is 0 Å². The number of sulfonamides is 1. The normalized spacial score (nSPS) is 19.5. The zero-order chi connectivity index (χ0) is 20.3. The monoisotopic (exact) mass is 408 g/mol. The van der Waals surface area contributed by atoms with E-state index in [4.69, 9.17) is 0 Å². The molecule has 0 aromatic heterocycles. The molecular weight excluding hydrogens is 380 g/mol. The van der Waals surface area contributed by atoms with Crippen molar-refractivity contribution < 1.29 is 18.0 Å². The summed E-state index contributed by atoms with van der Waals surface area (Å²) in [5.74, 6) is -0.398. The summed E-state index contributed by atoms with van der Waals surface area (Å²) in [6, 6.07) is 4.43. The molecule has 0 unspecified atom stereocenters. The summed E-state index contributed by atoms with van der Waals surface area (Å²) < 4.78 is 27.6. The summed E-state index contributed by atoms with van der Waals surface area (Å²) in [7, 11) is -2.10. The van der Waals surface area contributed by atoms with Crippen molar-refractivity contribution in [3.05, 3.63) is 29.3 Å². The van der Waals surface area contributed by atoms with Gasteiger partial charge in [-0.25, -0.2) is 13.2 Å². The van der Waals surface area contributed by atoms with Crippen LogP contribution in [0, 0.1) is 0 Å². The summed E-state index contributed by atoms with van der Waals surface area (Å²) in [6.45, 7) is 3.22. The van der Waals surface area contributed by atoms with Crippen LogP contribution in [0.1, 0.15) is 30.9 Å². The molecule has 9 heteroatoms. The number of amides is 3. The van der Waals surface area contributed by atoms with Gasteiger partial charge in [0, 0.05) is 33.2 Å². The predicted molar refractivity (Wildman–Crippen MR) is 105 cm³/mol. The van der Waals surface area contributed by atoms with E-state index in [2.05, 4.69) is 10.6 Å². The fraction of sp³-hybridized carbons (Fsp3) is 0.579. The zero-order valence-corrected chi connectivity index (χ0v) is 17.2. The van der Waals surface area contributed by atoms with Gasteiger partial charge in [0.15, 0.2) is 0 Å². The molecule has 1 atom stereocenters. The smallest absolute Gasteiger partial charge is 0.321 e. The number of piperazine rings is 1. The Labute approximate surface area is 166 Å². The number of rotatable bonds is 4. The van der Waals surface area contributed by atoms with Crippen LogP contribution in [0.5, 0.6) is 0 Å². The Morgan fingerprint density at radius 3 is 2.32 bits per heavy atom. The lowest BCUT2D eigenvalue weighted by molar-refractivity contribution is -0.125. The molecule has 1 aliphatic carbocycles. The van der Waals surface area contributed by atoms with Gasteiger partial charge in [-0.1, -0.05) is 6.07 Å². The molecule has 3 amide bonds. The van der Waals surface area contributed by atoms with Crippen LogP contribution < -0.4 is 10.6 Å².